The van der Waals surface area contributed by atoms with Gasteiger partial charge < -0.3 is 10.6 Å². The van der Waals surface area contributed by atoms with Gasteiger partial charge in [-0.25, -0.2) is 0 Å². The zero-order valence-electron chi connectivity index (χ0n) is 13.0. The number of nitrogens with two attached hydrogens (primary N) is 1. The summed E-state index contributed by atoms with van der Waals surface area (Å²) in [5.41, 5.74) is 9.14. The molecule has 1 saturated heterocycles. The van der Waals surface area contributed by atoms with E-state index in [1.165, 1.54) is 0 Å². The largest absolute Gasteiger partial charge is 0.327 e. The maximum absolute atomic E-state index is 12.6. The first kappa shape index (κ1) is 15.4. The molecular weight excluding hydrogens is 294 g/mol. The third kappa shape index (κ3) is 2.77. The van der Waals surface area contributed by atoms with Crippen LogP contribution in [0, 0.1) is 0 Å². The maximum atomic E-state index is 12.6. The zero-order valence-corrected chi connectivity index (χ0v) is 13.0. The molecule has 1 aromatic carbocycles. The van der Waals surface area contributed by atoms with Crippen LogP contribution in [0.5, 0.6) is 0 Å². The molecule has 6 nitrogen and oxygen atoms in total. The van der Waals surface area contributed by atoms with Crippen molar-refractivity contribution in [3.63, 3.8) is 0 Å². The van der Waals surface area contributed by atoms with Crippen molar-refractivity contribution < 1.29 is 14.4 Å². The van der Waals surface area contributed by atoms with Gasteiger partial charge in [-0.2, -0.15) is 0 Å². The highest BCUT2D eigenvalue weighted by atomic mass is 16.2. The van der Waals surface area contributed by atoms with Crippen molar-refractivity contribution >= 4 is 23.8 Å². The first-order valence-corrected chi connectivity index (χ1v) is 7.65. The quantitative estimate of drug-likeness (QED) is 0.808. The number of nitrogens with one attached hydrogen (secondary N) is 1. The van der Waals surface area contributed by atoms with Crippen LogP contribution in [0.4, 0.5) is 0 Å². The summed E-state index contributed by atoms with van der Waals surface area (Å²) in [5.74, 6) is -0.828. The molecule has 1 fully saturated rings. The van der Waals surface area contributed by atoms with E-state index >= 15 is 0 Å². The van der Waals surface area contributed by atoms with Crippen LogP contribution in [0.2, 0.25) is 0 Å². The SMILES string of the molecule is C/C(=C\c1cccc2c1CN(C1CCC(=O)NC1=O)C2=O)CN. The molecule has 0 aliphatic carbocycles. The topological polar surface area (TPSA) is 92.5 Å². The molecule has 0 bridgehead atoms. The molecule has 0 spiro atoms. The summed E-state index contributed by atoms with van der Waals surface area (Å²) in [4.78, 5) is 37.5. The Hall–Kier alpha value is -2.47. The van der Waals surface area contributed by atoms with E-state index < -0.39 is 11.9 Å². The van der Waals surface area contributed by atoms with Crippen LogP contribution in [0.3, 0.4) is 0 Å². The number of benzene rings is 1. The van der Waals surface area contributed by atoms with E-state index in [1.54, 1.807) is 11.0 Å². The van der Waals surface area contributed by atoms with E-state index in [1.807, 2.05) is 25.1 Å². The van der Waals surface area contributed by atoms with Gasteiger partial charge in [-0.15, -0.1) is 0 Å². The average molecular weight is 313 g/mol. The van der Waals surface area contributed by atoms with Crippen molar-refractivity contribution in [3.05, 3.63) is 40.5 Å². The van der Waals surface area contributed by atoms with Crippen LogP contribution >= 0.6 is 0 Å². The highest BCUT2D eigenvalue weighted by molar-refractivity contribution is 6.05. The predicted octanol–water partition coefficient (Wildman–Crippen LogP) is 0.810. The maximum Gasteiger partial charge on any atom is 0.255 e. The molecule has 1 aromatic rings. The fraction of sp³-hybridized carbons (Fsp3) is 0.353. The molecule has 3 N–H and O–H groups in total. The van der Waals surface area contributed by atoms with E-state index in [2.05, 4.69) is 5.32 Å². The van der Waals surface area contributed by atoms with Gasteiger partial charge in [0.1, 0.15) is 6.04 Å². The minimum atomic E-state index is -0.583. The molecule has 0 aromatic heterocycles. The fourth-order valence-electron chi connectivity index (χ4n) is 3.07. The minimum Gasteiger partial charge on any atom is -0.327 e. The lowest BCUT2D eigenvalue weighted by Gasteiger charge is -2.29. The predicted molar refractivity (Wildman–Crippen MR) is 85.2 cm³/mol. The Balaban J connectivity index is 1.91. The summed E-state index contributed by atoms with van der Waals surface area (Å²) in [6.45, 7) is 2.77. The van der Waals surface area contributed by atoms with Gasteiger partial charge in [0.15, 0.2) is 0 Å². The molecule has 1 unspecified atom stereocenters. The third-order valence-electron chi connectivity index (χ3n) is 4.34. The monoisotopic (exact) mass is 313 g/mol. The Kier molecular flexibility index (Phi) is 4.00. The van der Waals surface area contributed by atoms with E-state index in [4.69, 9.17) is 5.73 Å². The Morgan fingerprint density at radius 1 is 1.39 bits per heavy atom. The van der Waals surface area contributed by atoms with Crippen molar-refractivity contribution in [2.24, 2.45) is 5.73 Å². The van der Waals surface area contributed by atoms with Crippen LogP contribution in [0.25, 0.3) is 6.08 Å². The Morgan fingerprint density at radius 3 is 2.87 bits per heavy atom. The number of rotatable bonds is 3. The molecule has 0 saturated carbocycles. The summed E-state index contributed by atoms with van der Waals surface area (Å²) in [7, 11) is 0. The Labute approximate surface area is 134 Å². The van der Waals surface area contributed by atoms with Gasteiger partial charge in [0.25, 0.3) is 5.91 Å². The molecule has 2 aliphatic heterocycles. The number of hydrogen-bond donors (Lipinski definition) is 2. The molecule has 1 atom stereocenters. The standard InChI is InChI=1S/C17H19N3O3/c1-10(8-18)7-11-3-2-4-12-13(11)9-20(17(12)23)14-5-6-15(21)19-16(14)22/h2-4,7,14H,5-6,8-9,18H2,1H3,(H,19,21,22)/b10-7+. The number of carbonyl (C=O) groups is 3. The Morgan fingerprint density at radius 2 is 2.17 bits per heavy atom. The van der Waals surface area contributed by atoms with Crippen LogP contribution < -0.4 is 11.1 Å². The number of piperidine rings is 1. The first-order chi connectivity index (χ1) is 11.0. The number of fused-ring (bicyclic) bond motifs is 1. The molecule has 3 rings (SSSR count). The van der Waals surface area contributed by atoms with Gasteiger partial charge in [-0.3, -0.25) is 19.7 Å². The van der Waals surface area contributed by atoms with E-state index in [0.29, 0.717) is 25.1 Å². The summed E-state index contributed by atoms with van der Waals surface area (Å²) in [5, 5.41) is 2.31. The van der Waals surface area contributed by atoms with E-state index in [0.717, 1.165) is 16.7 Å². The van der Waals surface area contributed by atoms with Crippen LogP contribution in [-0.4, -0.2) is 35.2 Å². The van der Waals surface area contributed by atoms with Crippen LogP contribution in [0.1, 0.15) is 41.3 Å². The number of amides is 3. The Bertz CT molecular complexity index is 724. The third-order valence-corrected chi connectivity index (χ3v) is 4.34. The smallest absolute Gasteiger partial charge is 0.255 e. The van der Waals surface area contributed by atoms with Crippen molar-refractivity contribution in [2.45, 2.75) is 32.4 Å². The first-order valence-electron chi connectivity index (χ1n) is 7.65. The number of imide groups is 1. The highest BCUT2D eigenvalue weighted by Crippen LogP contribution is 2.30. The van der Waals surface area contributed by atoms with Crippen molar-refractivity contribution in [2.75, 3.05) is 6.54 Å². The zero-order chi connectivity index (χ0) is 16.6. The summed E-state index contributed by atoms with van der Waals surface area (Å²) >= 11 is 0. The molecular formula is C17H19N3O3. The number of hydrogen-bond acceptors (Lipinski definition) is 4. The molecule has 2 aliphatic rings. The second kappa shape index (κ2) is 5.96. The lowest BCUT2D eigenvalue weighted by atomic mass is 10.0. The van der Waals surface area contributed by atoms with Crippen molar-refractivity contribution in [3.8, 4) is 0 Å². The van der Waals surface area contributed by atoms with Gasteiger partial charge >= 0.3 is 0 Å². The molecule has 3 amide bonds. The second-order valence-electron chi connectivity index (χ2n) is 5.97. The summed E-state index contributed by atoms with van der Waals surface area (Å²) < 4.78 is 0. The van der Waals surface area contributed by atoms with E-state index in [9.17, 15) is 14.4 Å². The van der Waals surface area contributed by atoms with Gasteiger partial charge in [0, 0.05) is 25.1 Å². The van der Waals surface area contributed by atoms with Crippen molar-refractivity contribution in [1.82, 2.24) is 10.2 Å². The molecule has 0 radical (unpaired) electrons. The summed E-state index contributed by atoms with van der Waals surface area (Å²) in [6.07, 6.45) is 2.60. The van der Waals surface area contributed by atoms with Crippen LogP contribution in [0.15, 0.2) is 23.8 Å². The van der Waals surface area contributed by atoms with E-state index in [-0.39, 0.29) is 18.2 Å². The fourth-order valence-corrected chi connectivity index (χ4v) is 3.07. The minimum absolute atomic E-state index is 0.157. The normalized spacial score (nSPS) is 21.5. The molecule has 2 heterocycles. The van der Waals surface area contributed by atoms with Crippen LogP contribution in [-0.2, 0) is 16.1 Å². The molecule has 6 heteroatoms. The van der Waals surface area contributed by atoms with Gasteiger partial charge in [0.2, 0.25) is 11.8 Å². The lowest BCUT2D eigenvalue weighted by molar-refractivity contribution is -0.136. The number of carbonyl (C=O) groups excluding carboxylic acids is 3. The highest BCUT2D eigenvalue weighted by Gasteiger charge is 2.39. The average Bonchev–Trinajstić information content (AvgIpc) is 2.86. The molecule has 23 heavy (non-hydrogen) atoms. The second-order valence-corrected chi connectivity index (χ2v) is 5.97. The van der Waals surface area contributed by atoms with Gasteiger partial charge in [-0.1, -0.05) is 23.8 Å². The van der Waals surface area contributed by atoms with Crippen molar-refractivity contribution in [1.29, 1.82) is 0 Å². The molecule has 120 valence electrons. The van der Waals surface area contributed by atoms with Gasteiger partial charge in [0.05, 0.1) is 0 Å². The lowest BCUT2D eigenvalue weighted by Crippen LogP contribution is -2.52. The van der Waals surface area contributed by atoms with Gasteiger partial charge in [-0.05, 0) is 30.5 Å². The number of nitrogens with zero attached hydrogens (tertiary/aromatic N) is 1. The summed E-state index contributed by atoms with van der Waals surface area (Å²) in [6, 6.07) is 4.97.